The molecule has 4 rings (SSSR count). The Morgan fingerprint density at radius 1 is 0.957 bits per heavy atom. The highest BCUT2D eigenvalue weighted by Gasteiger charge is 2.62. The first-order chi connectivity index (χ1) is 11.2. The SMILES string of the molecule is CC1N(C(=O)c2ccccc2)C12CCC(c1ccccc1)CC2. The number of nitrogens with zero attached hydrogens (tertiary/aromatic N) is 1. The van der Waals surface area contributed by atoms with Crippen molar-refractivity contribution in [3.63, 3.8) is 0 Å². The van der Waals surface area contributed by atoms with E-state index in [4.69, 9.17) is 0 Å². The first kappa shape index (κ1) is 14.5. The predicted octanol–water partition coefficient (Wildman–Crippen LogP) is 4.63. The summed E-state index contributed by atoms with van der Waals surface area (Å²) in [5, 5.41) is 0. The number of carbonyl (C=O) groups excluding carboxylic acids is 1. The van der Waals surface area contributed by atoms with E-state index < -0.39 is 0 Å². The van der Waals surface area contributed by atoms with Crippen LogP contribution in [0.3, 0.4) is 0 Å². The molecule has 23 heavy (non-hydrogen) atoms. The summed E-state index contributed by atoms with van der Waals surface area (Å²) < 4.78 is 0. The van der Waals surface area contributed by atoms with Crippen LogP contribution in [0.2, 0.25) is 0 Å². The van der Waals surface area contributed by atoms with Crippen LogP contribution >= 0.6 is 0 Å². The number of carbonyl (C=O) groups is 1. The van der Waals surface area contributed by atoms with Crippen molar-refractivity contribution < 1.29 is 4.79 Å². The molecule has 2 aromatic rings. The fourth-order valence-electron chi connectivity index (χ4n) is 4.47. The third-order valence-corrected chi connectivity index (χ3v) is 5.94. The maximum absolute atomic E-state index is 12.8. The summed E-state index contributed by atoms with van der Waals surface area (Å²) >= 11 is 0. The Hall–Kier alpha value is -2.09. The van der Waals surface area contributed by atoms with E-state index >= 15 is 0 Å². The van der Waals surface area contributed by atoms with Gasteiger partial charge in [-0.2, -0.15) is 0 Å². The second kappa shape index (κ2) is 5.52. The van der Waals surface area contributed by atoms with Crippen LogP contribution < -0.4 is 0 Å². The van der Waals surface area contributed by atoms with E-state index in [1.807, 2.05) is 30.3 Å². The molecule has 2 fully saturated rings. The molecule has 0 aromatic heterocycles. The Kier molecular flexibility index (Phi) is 3.48. The quantitative estimate of drug-likeness (QED) is 0.741. The fourth-order valence-corrected chi connectivity index (χ4v) is 4.47. The summed E-state index contributed by atoms with van der Waals surface area (Å²) in [5.74, 6) is 0.861. The summed E-state index contributed by atoms with van der Waals surface area (Å²) in [6, 6.07) is 20.9. The standard InChI is InChI=1S/C21H23NO/c1-16-21(22(16)20(23)19-10-6-3-7-11-19)14-12-18(13-15-21)17-8-4-2-5-9-17/h2-11,16,18H,12-15H2,1H3. The smallest absolute Gasteiger partial charge is 0.254 e. The van der Waals surface area contributed by atoms with Crippen LogP contribution in [0.15, 0.2) is 60.7 Å². The van der Waals surface area contributed by atoms with Gasteiger partial charge in [-0.25, -0.2) is 0 Å². The lowest BCUT2D eigenvalue weighted by molar-refractivity contribution is 0.0833. The van der Waals surface area contributed by atoms with Gasteiger partial charge in [-0.05, 0) is 56.2 Å². The summed E-state index contributed by atoms with van der Waals surface area (Å²) in [7, 11) is 0. The lowest BCUT2D eigenvalue weighted by Gasteiger charge is -2.29. The van der Waals surface area contributed by atoms with Crippen molar-refractivity contribution in [1.82, 2.24) is 4.90 Å². The average Bonchev–Trinajstić information content (AvgIpc) is 3.19. The Labute approximate surface area is 138 Å². The summed E-state index contributed by atoms with van der Waals surface area (Å²) in [4.78, 5) is 14.9. The van der Waals surface area contributed by atoms with E-state index in [1.165, 1.54) is 18.4 Å². The average molecular weight is 305 g/mol. The minimum atomic E-state index is 0.123. The first-order valence-corrected chi connectivity index (χ1v) is 8.66. The van der Waals surface area contributed by atoms with Crippen molar-refractivity contribution in [3.8, 4) is 0 Å². The Balaban J connectivity index is 1.46. The lowest BCUT2D eigenvalue weighted by atomic mass is 9.77. The van der Waals surface area contributed by atoms with Crippen LogP contribution in [0.5, 0.6) is 0 Å². The topological polar surface area (TPSA) is 20.1 Å². The van der Waals surface area contributed by atoms with Crippen LogP contribution in [0, 0.1) is 0 Å². The van der Waals surface area contributed by atoms with Gasteiger partial charge >= 0.3 is 0 Å². The molecule has 0 bridgehead atoms. The minimum Gasteiger partial charge on any atom is -0.326 e. The van der Waals surface area contributed by atoms with Gasteiger partial charge in [0, 0.05) is 5.56 Å². The molecule has 1 saturated heterocycles. The molecule has 1 heterocycles. The molecule has 2 aromatic carbocycles. The van der Waals surface area contributed by atoms with Gasteiger partial charge in [0.1, 0.15) is 0 Å². The molecule has 1 atom stereocenters. The maximum atomic E-state index is 12.8. The molecule has 0 N–H and O–H groups in total. The number of hydrogen-bond acceptors (Lipinski definition) is 1. The van der Waals surface area contributed by atoms with E-state index in [0.29, 0.717) is 12.0 Å². The molecule has 1 unspecified atom stereocenters. The summed E-state index contributed by atoms with van der Waals surface area (Å²) in [6.07, 6.45) is 4.64. The van der Waals surface area contributed by atoms with Crippen molar-refractivity contribution in [2.24, 2.45) is 0 Å². The zero-order valence-electron chi connectivity index (χ0n) is 13.6. The van der Waals surface area contributed by atoms with E-state index in [9.17, 15) is 4.79 Å². The third-order valence-electron chi connectivity index (χ3n) is 5.94. The van der Waals surface area contributed by atoms with Gasteiger partial charge in [-0.3, -0.25) is 4.79 Å². The monoisotopic (exact) mass is 305 g/mol. The van der Waals surface area contributed by atoms with Crippen molar-refractivity contribution in [2.75, 3.05) is 0 Å². The first-order valence-electron chi connectivity index (χ1n) is 8.66. The summed E-state index contributed by atoms with van der Waals surface area (Å²) in [6.45, 7) is 2.21. The molecule has 1 amide bonds. The van der Waals surface area contributed by atoms with Gasteiger partial charge in [0.2, 0.25) is 0 Å². The molecule has 1 spiro atoms. The van der Waals surface area contributed by atoms with Crippen molar-refractivity contribution in [3.05, 3.63) is 71.8 Å². The lowest BCUT2D eigenvalue weighted by Crippen LogP contribution is -2.28. The third kappa shape index (κ3) is 2.37. The van der Waals surface area contributed by atoms with Gasteiger partial charge in [0.25, 0.3) is 5.91 Å². The van der Waals surface area contributed by atoms with E-state index in [0.717, 1.165) is 18.4 Å². The molecule has 1 saturated carbocycles. The van der Waals surface area contributed by atoms with Gasteiger partial charge in [-0.15, -0.1) is 0 Å². The second-order valence-electron chi connectivity index (χ2n) is 7.01. The Bertz CT molecular complexity index is 686. The fraction of sp³-hybridized carbons (Fsp3) is 0.381. The molecule has 2 aliphatic rings. The van der Waals surface area contributed by atoms with Crippen LogP contribution in [0.25, 0.3) is 0 Å². The molecule has 1 aliphatic heterocycles. The molecule has 0 radical (unpaired) electrons. The highest BCUT2D eigenvalue weighted by molar-refractivity contribution is 5.97. The zero-order valence-corrected chi connectivity index (χ0v) is 13.6. The Morgan fingerprint density at radius 3 is 2.13 bits per heavy atom. The second-order valence-corrected chi connectivity index (χ2v) is 7.01. The van der Waals surface area contributed by atoms with Crippen molar-refractivity contribution in [1.29, 1.82) is 0 Å². The largest absolute Gasteiger partial charge is 0.326 e. The van der Waals surface area contributed by atoms with Crippen molar-refractivity contribution in [2.45, 2.75) is 50.1 Å². The highest BCUT2D eigenvalue weighted by Crippen LogP contribution is 2.54. The van der Waals surface area contributed by atoms with Crippen molar-refractivity contribution >= 4 is 5.91 Å². The number of rotatable bonds is 2. The molecule has 2 heteroatoms. The van der Waals surface area contributed by atoms with Crippen LogP contribution in [0.1, 0.15) is 54.4 Å². The van der Waals surface area contributed by atoms with Crippen LogP contribution in [-0.2, 0) is 0 Å². The molecule has 118 valence electrons. The molecular weight excluding hydrogens is 282 g/mol. The maximum Gasteiger partial charge on any atom is 0.254 e. The van der Waals surface area contributed by atoms with E-state index in [2.05, 4.69) is 42.2 Å². The predicted molar refractivity (Wildman–Crippen MR) is 92.5 cm³/mol. The molecular formula is C21H23NO. The Morgan fingerprint density at radius 2 is 1.52 bits per heavy atom. The number of hydrogen-bond donors (Lipinski definition) is 0. The summed E-state index contributed by atoms with van der Waals surface area (Å²) in [5.41, 5.74) is 2.40. The zero-order chi connectivity index (χ0) is 15.9. The highest BCUT2D eigenvalue weighted by atomic mass is 16.2. The van der Waals surface area contributed by atoms with Gasteiger partial charge in [-0.1, -0.05) is 48.5 Å². The van der Waals surface area contributed by atoms with Gasteiger partial charge in [0.15, 0.2) is 0 Å². The number of amides is 1. The van der Waals surface area contributed by atoms with E-state index in [1.54, 1.807) is 0 Å². The molecule has 2 nitrogen and oxygen atoms in total. The van der Waals surface area contributed by atoms with Gasteiger partial charge in [0.05, 0.1) is 11.6 Å². The van der Waals surface area contributed by atoms with E-state index in [-0.39, 0.29) is 11.4 Å². The van der Waals surface area contributed by atoms with Crippen LogP contribution in [0.4, 0.5) is 0 Å². The number of benzene rings is 2. The normalized spacial score (nSPS) is 29.5. The minimum absolute atomic E-state index is 0.123. The molecule has 1 aliphatic carbocycles. The van der Waals surface area contributed by atoms with Gasteiger partial charge < -0.3 is 4.90 Å². The van der Waals surface area contributed by atoms with Crippen LogP contribution in [-0.4, -0.2) is 22.4 Å².